The number of fused-ring (bicyclic) bond motifs is 1. The van der Waals surface area contributed by atoms with E-state index in [0.29, 0.717) is 12.1 Å². The first-order valence-electron chi connectivity index (χ1n) is 13.7. The molecule has 5 rings (SSSR count). The summed E-state index contributed by atoms with van der Waals surface area (Å²) in [6.45, 7) is 13.5. The minimum absolute atomic E-state index is 0.000808. The lowest BCUT2D eigenvalue weighted by Gasteiger charge is -2.42. The third-order valence-corrected chi connectivity index (χ3v) is 8.60. The molecule has 1 aromatic heterocycles. The van der Waals surface area contributed by atoms with E-state index in [1.807, 2.05) is 58.8 Å². The zero-order valence-electron chi connectivity index (χ0n) is 22.6. The molecule has 1 N–H and O–H groups in total. The van der Waals surface area contributed by atoms with E-state index >= 15 is 0 Å². The van der Waals surface area contributed by atoms with Gasteiger partial charge in [-0.3, -0.25) is 14.5 Å². The molecule has 6 nitrogen and oxygen atoms in total. The van der Waals surface area contributed by atoms with Crippen molar-refractivity contribution >= 4 is 28.8 Å². The highest BCUT2D eigenvalue weighted by molar-refractivity contribution is 7.10. The van der Waals surface area contributed by atoms with Crippen LogP contribution in [0.25, 0.3) is 0 Å². The van der Waals surface area contributed by atoms with Gasteiger partial charge in [-0.2, -0.15) is 0 Å². The molecular weight excluding hydrogens is 492 g/mol. The number of benzene rings is 2. The van der Waals surface area contributed by atoms with Crippen LogP contribution in [0.1, 0.15) is 59.1 Å². The molecule has 2 atom stereocenters. The summed E-state index contributed by atoms with van der Waals surface area (Å²) in [7, 11) is 0. The van der Waals surface area contributed by atoms with Crippen molar-refractivity contribution in [3.05, 3.63) is 87.6 Å². The number of piperazine rings is 1. The van der Waals surface area contributed by atoms with E-state index < -0.39 is 5.92 Å². The molecule has 0 saturated carbocycles. The number of nitrogens with one attached hydrogen (secondary N) is 1. The number of carbonyl (C=O) groups excluding carboxylic acids is 2. The summed E-state index contributed by atoms with van der Waals surface area (Å²) in [6.07, 6.45) is 0. The Balaban J connectivity index is 1.37. The van der Waals surface area contributed by atoms with Crippen molar-refractivity contribution in [3.63, 3.8) is 0 Å². The lowest BCUT2D eigenvalue weighted by Crippen LogP contribution is -2.47. The van der Waals surface area contributed by atoms with E-state index in [1.54, 1.807) is 11.3 Å². The second-order valence-electron chi connectivity index (χ2n) is 10.8. The summed E-state index contributed by atoms with van der Waals surface area (Å²) < 4.78 is 0. The SMILES string of the molecule is CCN1CCN(Cc2ccc(NC(=O)C3c4ccccc4C(=O)N(CC(C)C)C3c3cccs3)cc2)CC1. The van der Waals surface area contributed by atoms with Crippen LogP contribution in [0.4, 0.5) is 5.69 Å². The Hall–Kier alpha value is -3.00. The number of nitrogens with zero attached hydrogens (tertiary/aromatic N) is 3. The van der Waals surface area contributed by atoms with Crippen molar-refractivity contribution in [1.29, 1.82) is 0 Å². The number of amides is 2. The highest BCUT2D eigenvalue weighted by atomic mass is 32.1. The third-order valence-electron chi connectivity index (χ3n) is 7.66. The standard InChI is InChI=1S/C31H38N4O2S/c1-4-33-15-17-34(18-16-33)21-23-11-13-24(14-12-23)32-30(36)28-25-8-5-6-9-26(25)31(37)35(20-22(2)3)29(28)27-10-7-19-38-27/h5-14,19,22,28-29H,4,15-18,20-21H2,1-3H3,(H,32,36). The van der Waals surface area contributed by atoms with Crippen molar-refractivity contribution in [2.24, 2.45) is 5.92 Å². The first kappa shape index (κ1) is 26.6. The van der Waals surface area contributed by atoms with Crippen molar-refractivity contribution in [2.45, 2.75) is 39.3 Å². The Labute approximate surface area is 230 Å². The van der Waals surface area contributed by atoms with E-state index in [2.05, 4.69) is 48.0 Å². The van der Waals surface area contributed by atoms with Crippen LogP contribution in [-0.2, 0) is 11.3 Å². The summed E-state index contributed by atoms with van der Waals surface area (Å²) in [5, 5.41) is 5.20. The summed E-state index contributed by atoms with van der Waals surface area (Å²) in [4.78, 5) is 35.5. The van der Waals surface area contributed by atoms with E-state index in [1.165, 1.54) is 5.56 Å². The number of thiophene rings is 1. The molecular formula is C31H38N4O2S. The number of likely N-dealkylation sites (N-methyl/N-ethyl adjacent to an activating group) is 1. The molecule has 38 heavy (non-hydrogen) atoms. The Morgan fingerprint density at radius 3 is 2.34 bits per heavy atom. The van der Waals surface area contributed by atoms with Gasteiger partial charge in [-0.1, -0.05) is 57.2 Å². The Bertz CT molecular complexity index is 1230. The molecule has 1 saturated heterocycles. The second kappa shape index (κ2) is 11.8. The quantitative estimate of drug-likeness (QED) is 0.420. The van der Waals surface area contributed by atoms with Crippen LogP contribution >= 0.6 is 11.3 Å². The fourth-order valence-electron chi connectivity index (χ4n) is 5.68. The Morgan fingerprint density at radius 1 is 0.974 bits per heavy atom. The first-order chi connectivity index (χ1) is 18.4. The molecule has 0 spiro atoms. The largest absolute Gasteiger partial charge is 0.329 e. The molecule has 2 aliphatic rings. The molecule has 0 aliphatic carbocycles. The highest BCUT2D eigenvalue weighted by Crippen LogP contribution is 2.45. The molecule has 0 bridgehead atoms. The predicted octanol–water partition coefficient (Wildman–Crippen LogP) is 5.46. The summed E-state index contributed by atoms with van der Waals surface area (Å²) in [5.74, 6) is -0.287. The molecule has 200 valence electrons. The first-order valence-corrected chi connectivity index (χ1v) is 14.6. The molecule has 2 aliphatic heterocycles. The van der Waals surface area contributed by atoms with Crippen LogP contribution in [-0.4, -0.2) is 65.8 Å². The molecule has 7 heteroatoms. The van der Waals surface area contributed by atoms with Crippen molar-refractivity contribution in [2.75, 3.05) is 44.6 Å². The minimum Gasteiger partial charge on any atom is -0.329 e. The molecule has 0 radical (unpaired) electrons. The lowest BCUT2D eigenvalue weighted by atomic mass is 9.81. The van der Waals surface area contributed by atoms with Crippen LogP contribution in [0.15, 0.2) is 66.0 Å². The van der Waals surface area contributed by atoms with Gasteiger partial charge in [-0.15, -0.1) is 11.3 Å². The fourth-order valence-corrected chi connectivity index (χ4v) is 6.56. The van der Waals surface area contributed by atoms with Gasteiger partial charge in [0.15, 0.2) is 0 Å². The monoisotopic (exact) mass is 530 g/mol. The van der Waals surface area contributed by atoms with Crippen LogP contribution in [0, 0.1) is 5.92 Å². The molecule has 2 amide bonds. The van der Waals surface area contributed by atoms with Crippen molar-refractivity contribution in [3.8, 4) is 0 Å². The van der Waals surface area contributed by atoms with Gasteiger partial charge in [0.05, 0.1) is 12.0 Å². The summed E-state index contributed by atoms with van der Waals surface area (Å²) >= 11 is 1.60. The number of anilines is 1. The maximum absolute atomic E-state index is 14.0. The molecule has 2 unspecified atom stereocenters. The maximum atomic E-state index is 14.0. The zero-order chi connectivity index (χ0) is 26.6. The van der Waals surface area contributed by atoms with Gasteiger partial charge in [-0.05, 0) is 53.2 Å². The van der Waals surface area contributed by atoms with E-state index in [4.69, 9.17) is 0 Å². The fraction of sp³-hybridized carbons (Fsp3) is 0.419. The third kappa shape index (κ3) is 5.70. The average Bonchev–Trinajstić information content (AvgIpc) is 3.46. The smallest absolute Gasteiger partial charge is 0.254 e. The number of carbonyl (C=O) groups is 2. The average molecular weight is 531 g/mol. The number of rotatable bonds is 8. The Kier molecular flexibility index (Phi) is 8.27. The number of hydrogen-bond donors (Lipinski definition) is 1. The molecule has 3 heterocycles. The predicted molar refractivity (Wildman–Crippen MR) is 155 cm³/mol. The topological polar surface area (TPSA) is 55.9 Å². The van der Waals surface area contributed by atoms with Gasteiger partial charge in [0.1, 0.15) is 0 Å². The second-order valence-corrected chi connectivity index (χ2v) is 11.8. The lowest BCUT2D eigenvalue weighted by molar-refractivity contribution is -0.119. The molecule has 1 fully saturated rings. The van der Waals surface area contributed by atoms with E-state index in [-0.39, 0.29) is 23.8 Å². The summed E-state index contributed by atoms with van der Waals surface area (Å²) in [5.41, 5.74) is 3.46. The number of hydrogen-bond acceptors (Lipinski definition) is 5. The highest BCUT2D eigenvalue weighted by Gasteiger charge is 2.44. The minimum atomic E-state index is -0.490. The van der Waals surface area contributed by atoms with Gasteiger partial charge in [0, 0.05) is 55.4 Å². The normalized spacial score (nSPS) is 20.5. The van der Waals surface area contributed by atoms with Crippen LogP contribution in [0.3, 0.4) is 0 Å². The van der Waals surface area contributed by atoms with E-state index in [0.717, 1.165) is 55.4 Å². The van der Waals surface area contributed by atoms with Gasteiger partial charge in [0.25, 0.3) is 5.91 Å². The molecule has 2 aromatic carbocycles. The zero-order valence-corrected chi connectivity index (χ0v) is 23.4. The van der Waals surface area contributed by atoms with E-state index in [9.17, 15) is 9.59 Å². The van der Waals surface area contributed by atoms with Crippen LogP contribution in [0.2, 0.25) is 0 Å². The van der Waals surface area contributed by atoms with Gasteiger partial charge in [0.2, 0.25) is 5.91 Å². The summed E-state index contributed by atoms with van der Waals surface area (Å²) in [6, 6.07) is 19.5. The molecule has 3 aromatic rings. The van der Waals surface area contributed by atoms with Crippen molar-refractivity contribution in [1.82, 2.24) is 14.7 Å². The van der Waals surface area contributed by atoms with Crippen LogP contribution < -0.4 is 5.32 Å². The van der Waals surface area contributed by atoms with Gasteiger partial charge < -0.3 is 15.1 Å². The van der Waals surface area contributed by atoms with Crippen molar-refractivity contribution < 1.29 is 9.59 Å². The maximum Gasteiger partial charge on any atom is 0.254 e. The van der Waals surface area contributed by atoms with Gasteiger partial charge >= 0.3 is 0 Å². The Morgan fingerprint density at radius 2 is 1.68 bits per heavy atom. The van der Waals surface area contributed by atoms with Gasteiger partial charge in [-0.25, -0.2) is 0 Å². The van der Waals surface area contributed by atoms with Crippen LogP contribution in [0.5, 0.6) is 0 Å².